The smallest absolute Gasteiger partial charge is 0.230 e. The Morgan fingerprint density at radius 2 is 2.09 bits per heavy atom. The van der Waals surface area contributed by atoms with Crippen molar-refractivity contribution in [1.29, 1.82) is 0 Å². The first-order valence-corrected chi connectivity index (χ1v) is 8.39. The van der Waals surface area contributed by atoms with Crippen molar-refractivity contribution in [3.63, 3.8) is 0 Å². The number of rotatable bonds is 4. The van der Waals surface area contributed by atoms with Gasteiger partial charge < -0.3 is 9.15 Å². The minimum atomic E-state index is -0.0361. The van der Waals surface area contributed by atoms with Crippen LogP contribution in [0.2, 0.25) is 10.0 Å². The first kappa shape index (κ1) is 16.7. The molecule has 5 nitrogen and oxygen atoms in total. The van der Waals surface area contributed by atoms with Crippen LogP contribution in [0, 0.1) is 0 Å². The van der Waals surface area contributed by atoms with E-state index in [0.29, 0.717) is 35.0 Å². The van der Waals surface area contributed by atoms with Gasteiger partial charge in [-0.3, -0.25) is 4.90 Å². The molecule has 2 heterocycles. The van der Waals surface area contributed by atoms with Gasteiger partial charge in [-0.1, -0.05) is 43.1 Å². The summed E-state index contributed by atoms with van der Waals surface area (Å²) in [5, 5.41) is 9.29. The molecule has 23 heavy (non-hydrogen) atoms. The maximum Gasteiger partial charge on any atom is 0.230 e. The second-order valence-electron chi connectivity index (χ2n) is 5.96. The van der Waals surface area contributed by atoms with Gasteiger partial charge in [0.1, 0.15) is 0 Å². The molecule has 0 aliphatic carbocycles. The van der Waals surface area contributed by atoms with Gasteiger partial charge in [0.2, 0.25) is 11.8 Å². The molecule has 0 radical (unpaired) electrons. The van der Waals surface area contributed by atoms with Crippen molar-refractivity contribution in [3.05, 3.63) is 45.6 Å². The van der Waals surface area contributed by atoms with Gasteiger partial charge in [0.15, 0.2) is 0 Å². The summed E-state index contributed by atoms with van der Waals surface area (Å²) in [6.45, 7) is 6.92. The highest BCUT2D eigenvalue weighted by Crippen LogP contribution is 2.29. The summed E-state index contributed by atoms with van der Waals surface area (Å²) in [5.74, 6) is 1.56. The summed E-state index contributed by atoms with van der Waals surface area (Å²) >= 11 is 12.1. The average molecular weight is 356 g/mol. The summed E-state index contributed by atoms with van der Waals surface area (Å²) in [7, 11) is 0. The Morgan fingerprint density at radius 1 is 1.26 bits per heavy atom. The quantitative estimate of drug-likeness (QED) is 0.827. The Labute approximate surface area is 145 Å². The molecule has 0 saturated carbocycles. The fourth-order valence-electron chi connectivity index (χ4n) is 2.52. The molecule has 0 bridgehead atoms. The monoisotopic (exact) mass is 355 g/mol. The minimum absolute atomic E-state index is 0.0361. The van der Waals surface area contributed by atoms with Crippen LogP contribution in [0.25, 0.3) is 0 Å². The molecule has 124 valence electrons. The molecule has 1 aromatic carbocycles. The number of hydrogen-bond donors (Lipinski definition) is 0. The number of aromatic nitrogens is 2. The molecule has 7 heteroatoms. The third-order valence-corrected chi connectivity index (χ3v) is 4.54. The Bertz CT molecular complexity index is 675. The van der Waals surface area contributed by atoms with Crippen LogP contribution >= 0.6 is 23.2 Å². The van der Waals surface area contributed by atoms with Gasteiger partial charge >= 0.3 is 0 Å². The fraction of sp³-hybridized carbons (Fsp3) is 0.500. The fourth-order valence-corrected chi connectivity index (χ4v) is 2.82. The number of ether oxygens (including phenoxy) is 1. The maximum absolute atomic E-state index is 6.10. The number of benzene rings is 1. The molecule has 1 aliphatic rings. The Hall–Kier alpha value is -1.14. The van der Waals surface area contributed by atoms with Crippen LogP contribution in [-0.2, 0) is 11.3 Å². The Kier molecular flexibility index (Phi) is 5.21. The lowest BCUT2D eigenvalue weighted by molar-refractivity contribution is -0.0352. The molecule has 0 spiro atoms. The molecular formula is C16H19Cl2N3O2. The zero-order chi connectivity index (χ0) is 16.4. The van der Waals surface area contributed by atoms with E-state index in [0.717, 1.165) is 18.7 Å². The third kappa shape index (κ3) is 4.04. The summed E-state index contributed by atoms with van der Waals surface area (Å²) in [6.07, 6.45) is -0.0361. The number of morpholine rings is 1. The van der Waals surface area contributed by atoms with Crippen LogP contribution in [0.4, 0.5) is 0 Å². The second kappa shape index (κ2) is 7.18. The molecule has 1 aromatic heterocycles. The van der Waals surface area contributed by atoms with Crippen molar-refractivity contribution in [2.45, 2.75) is 32.4 Å². The van der Waals surface area contributed by atoms with Gasteiger partial charge in [-0.05, 0) is 17.7 Å². The molecule has 1 aliphatic heterocycles. The van der Waals surface area contributed by atoms with Crippen molar-refractivity contribution in [2.75, 3.05) is 19.7 Å². The average Bonchev–Trinajstić information content (AvgIpc) is 2.99. The Morgan fingerprint density at radius 3 is 2.78 bits per heavy atom. The summed E-state index contributed by atoms with van der Waals surface area (Å²) in [4.78, 5) is 2.24. The van der Waals surface area contributed by atoms with E-state index in [2.05, 4.69) is 15.1 Å². The van der Waals surface area contributed by atoms with Gasteiger partial charge in [-0.25, -0.2) is 0 Å². The van der Waals surface area contributed by atoms with E-state index < -0.39 is 0 Å². The van der Waals surface area contributed by atoms with Crippen molar-refractivity contribution < 1.29 is 9.15 Å². The zero-order valence-electron chi connectivity index (χ0n) is 13.1. The van der Waals surface area contributed by atoms with Gasteiger partial charge in [0.05, 0.1) is 29.3 Å². The third-order valence-electron chi connectivity index (χ3n) is 3.80. The number of nitrogens with zero attached hydrogens (tertiary/aromatic N) is 3. The SMILES string of the molecule is CC(C)c1nnc(CN2CCO[C@H](c3ccc(Cl)c(Cl)c3)C2)o1. The molecule has 0 unspecified atom stereocenters. The van der Waals surface area contributed by atoms with E-state index in [9.17, 15) is 0 Å². The molecule has 1 saturated heterocycles. The van der Waals surface area contributed by atoms with Crippen LogP contribution in [0.3, 0.4) is 0 Å². The van der Waals surface area contributed by atoms with Gasteiger partial charge in [0, 0.05) is 19.0 Å². The largest absolute Gasteiger partial charge is 0.424 e. The lowest BCUT2D eigenvalue weighted by Gasteiger charge is -2.32. The van der Waals surface area contributed by atoms with Crippen LogP contribution < -0.4 is 0 Å². The van der Waals surface area contributed by atoms with Crippen LogP contribution in [-0.4, -0.2) is 34.8 Å². The summed E-state index contributed by atoms with van der Waals surface area (Å²) < 4.78 is 11.5. The lowest BCUT2D eigenvalue weighted by atomic mass is 10.1. The number of hydrogen-bond acceptors (Lipinski definition) is 5. The first-order valence-electron chi connectivity index (χ1n) is 7.64. The van der Waals surface area contributed by atoms with Crippen molar-refractivity contribution in [1.82, 2.24) is 15.1 Å². The topological polar surface area (TPSA) is 51.4 Å². The van der Waals surface area contributed by atoms with E-state index >= 15 is 0 Å². The highest BCUT2D eigenvalue weighted by molar-refractivity contribution is 6.42. The highest BCUT2D eigenvalue weighted by atomic mass is 35.5. The molecule has 1 fully saturated rings. The normalized spacial score (nSPS) is 19.4. The van der Waals surface area contributed by atoms with E-state index in [1.54, 1.807) is 6.07 Å². The van der Waals surface area contributed by atoms with Gasteiger partial charge in [-0.15, -0.1) is 10.2 Å². The molecule has 0 amide bonds. The maximum atomic E-state index is 6.10. The zero-order valence-corrected chi connectivity index (χ0v) is 14.6. The van der Waals surface area contributed by atoms with Crippen LogP contribution in [0.15, 0.2) is 22.6 Å². The van der Waals surface area contributed by atoms with Crippen molar-refractivity contribution >= 4 is 23.2 Å². The van der Waals surface area contributed by atoms with Crippen molar-refractivity contribution in [2.24, 2.45) is 0 Å². The van der Waals surface area contributed by atoms with E-state index in [-0.39, 0.29) is 12.0 Å². The predicted molar refractivity (Wildman–Crippen MR) is 88.8 cm³/mol. The minimum Gasteiger partial charge on any atom is -0.424 e. The van der Waals surface area contributed by atoms with Crippen LogP contribution in [0.1, 0.15) is 43.2 Å². The lowest BCUT2D eigenvalue weighted by Crippen LogP contribution is -2.37. The summed E-state index contributed by atoms with van der Waals surface area (Å²) in [6, 6.07) is 5.61. The summed E-state index contributed by atoms with van der Waals surface area (Å²) in [5.41, 5.74) is 1.03. The molecule has 2 aromatic rings. The van der Waals surface area contributed by atoms with E-state index in [4.69, 9.17) is 32.4 Å². The highest BCUT2D eigenvalue weighted by Gasteiger charge is 2.24. The molecule has 1 atom stereocenters. The number of halogens is 2. The standard InChI is InChI=1S/C16H19Cl2N3O2/c1-10(2)16-20-19-15(23-16)9-21-5-6-22-14(8-21)11-3-4-12(17)13(18)7-11/h3-4,7,10,14H,5-6,8-9H2,1-2H3/t14-/m0/s1. The van der Waals surface area contributed by atoms with Crippen molar-refractivity contribution in [3.8, 4) is 0 Å². The van der Waals surface area contributed by atoms with Gasteiger partial charge in [0.25, 0.3) is 0 Å². The van der Waals surface area contributed by atoms with Crippen LogP contribution in [0.5, 0.6) is 0 Å². The van der Waals surface area contributed by atoms with Gasteiger partial charge in [-0.2, -0.15) is 0 Å². The van der Waals surface area contributed by atoms with E-state index in [1.807, 2.05) is 26.0 Å². The molecule has 3 rings (SSSR count). The molecular weight excluding hydrogens is 337 g/mol. The Balaban J connectivity index is 1.66. The predicted octanol–water partition coefficient (Wildman–Crippen LogP) is 4.07. The molecule has 0 N–H and O–H groups in total. The first-order chi connectivity index (χ1) is 11.0. The second-order valence-corrected chi connectivity index (χ2v) is 6.77. The van der Waals surface area contributed by atoms with E-state index in [1.165, 1.54) is 0 Å².